The van der Waals surface area contributed by atoms with Crippen molar-refractivity contribution in [2.75, 3.05) is 13.1 Å². The smallest absolute Gasteiger partial charge is 0.219 e. The van der Waals surface area contributed by atoms with Crippen LogP contribution in [-0.4, -0.2) is 43.8 Å². The lowest BCUT2D eigenvalue weighted by molar-refractivity contribution is -0.130. The number of aryl methyl sites for hydroxylation is 1. The third-order valence-corrected chi connectivity index (χ3v) is 4.00. The summed E-state index contributed by atoms with van der Waals surface area (Å²) in [6, 6.07) is 2.00. The van der Waals surface area contributed by atoms with Crippen molar-refractivity contribution in [1.29, 1.82) is 0 Å². The highest BCUT2D eigenvalue weighted by atomic mass is 16.2. The average molecular weight is 297 g/mol. The van der Waals surface area contributed by atoms with Gasteiger partial charge in [-0.25, -0.2) is 19.9 Å². The van der Waals surface area contributed by atoms with E-state index in [1.165, 1.54) is 6.33 Å². The minimum absolute atomic E-state index is 0.132. The Hall–Kier alpha value is -2.37. The van der Waals surface area contributed by atoms with Gasteiger partial charge in [0, 0.05) is 49.6 Å². The van der Waals surface area contributed by atoms with Crippen molar-refractivity contribution in [3.05, 3.63) is 36.3 Å². The molecule has 0 radical (unpaired) electrons. The molecule has 114 valence electrons. The molecular weight excluding hydrogens is 278 g/mol. The molecule has 2 aromatic rings. The maximum Gasteiger partial charge on any atom is 0.219 e. The molecule has 0 N–H and O–H groups in total. The third kappa shape index (κ3) is 3.10. The Bertz CT molecular complexity index is 673. The zero-order valence-electron chi connectivity index (χ0n) is 12.9. The van der Waals surface area contributed by atoms with Gasteiger partial charge in [0.1, 0.15) is 12.2 Å². The van der Waals surface area contributed by atoms with Gasteiger partial charge >= 0.3 is 0 Å². The molecule has 3 heterocycles. The molecule has 0 spiro atoms. The molecule has 1 unspecified atom stereocenters. The number of likely N-dealkylation sites (tertiary alicyclic amines) is 1. The van der Waals surface area contributed by atoms with Crippen molar-refractivity contribution < 1.29 is 4.79 Å². The number of rotatable bonds is 2. The number of amides is 1. The van der Waals surface area contributed by atoms with E-state index in [1.54, 1.807) is 19.3 Å². The molecule has 6 heteroatoms. The summed E-state index contributed by atoms with van der Waals surface area (Å²) in [5.74, 6) is 1.13. The molecule has 0 aromatic carbocycles. The Morgan fingerprint density at radius 2 is 2.05 bits per heavy atom. The lowest BCUT2D eigenvalue weighted by Crippen LogP contribution is -2.37. The lowest BCUT2D eigenvalue weighted by atomic mass is 9.93. The molecule has 0 aliphatic carbocycles. The minimum Gasteiger partial charge on any atom is -0.342 e. The van der Waals surface area contributed by atoms with E-state index in [1.807, 2.05) is 17.9 Å². The second kappa shape index (κ2) is 6.17. The van der Waals surface area contributed by atoms with Crippen molar-refractivity contribution in [3.8, 4) is 11.3 Å². The van der Waals surface area contributed by atoms with Crippen LogP contribution in [0.1, 0.15) is 37.2 Å². The Balaban J connectivity index is 1.91. The van der Waals surface area contributed by atoms with Crippen LogP contribution >= 0.6 is 0 Å². The number of nitrogens with zero attached hydrogens (tertiary/aromatic N) is 5. The van der Waals surface area contributed by atoms with Crippen LogP contribution in [0.4, 0.5) is 0 Å². The summed E-state index contributed by atoms with van der Waals surface area (Å²) < 4.78 is 0. The average Bonchev–Trinajstić information content (AvgIpc) is 2.55. The zero-order valence-corrected chi connectivity index (χ0v) is 12.9. The van der Waals surface area contributed by atoms with Gasteiger partial charge in [0.25, 0.3) is 0 Å². The second-order valence-electron chi connectivity index (χ2n) is 5.66. The number of aromatic nitrogens is 4. The first-order valence-corrected chi connectivity index (χ1v) is 7.50. The molecule has 1 aliphatic heterocycles. The summed E-state index contributed by atoms with van der Waals surface area (Å²) in [7, 11) is 0. The number of carbonyl (C=O) groups is 1. The lowest BCUT2D eigenvalue weighted by Gasteiger charge is -2.31. The zero-order chi connectivity index (χ0) is 15.5. The quantitative estimate of drug-likeness (QED) is 0.847. The third-order valence-electron chi connectivity index (χ3n) is 4.00. The van der Waals surface area contributed by atoms with Gasteiger partial charge in [-0.15, -0.1) is 0 Å². The van der Waals surface area contributed by atoms with Crippen molar-refractivity contribution >= 4 is 5.91 Å². The van der Waals surface area contributed by atoms with E-state index in [0.717, 1.165) is 48.7 Å². The SMILES string of the molecule is CC(=O)N1CCCC(c2cc(-c3cncnc3)nc(C)n2)C1. The van der Waals surface area contributed by atoms with Crippen LogP contribution in [0.5, 0.6) is 0 Å². The van der Waals surface area contributed by atoms with Gasteiger partial charge < -0.3 is 4.90 Å². The Labute approximate surface area is 129 Å². The Morgan fingerprint density at radius 1 is 1.27 bits per heavy atom. The fourth-order valence-electron chi connectivity index (χ4n) is 2.88. The summed E-state index contributed by atoms with van der Waals surface area (Å²) in [6.45, 7) is 5.09. The molecule has 1 aliphatic rings. The highest BCUT2D eigenvalue weighted by molar-refractivity contribution is 5.73. The summed E-state index contributed by atoms with van der Waals surface area (Å²) in [6.07, 6.45) is 7.06. The molecular formula is C16H19N5O. The van der Waals surface area contributed by atoms with Crippen LogP contribution in [0.2, 0.25) is 0 Å². The van der Waals surface area contributed by atoms with Crippen LogP contribution in [0, 0.1) is 6.92 Å². The van der Waals surface area contributed by atoms with Gasteiger partial charge in [-0.1, -0.05) is 0 Å². The van der Waals surface area contributed by atoms with Gasteiger partial charge in [-0.2, -0.15) is 0 Å². The Morgan fingerprint density at radius 3 is 2.77 bits per heavy atom. The molecule has 1 atom stereocenters. The summed E-state index contributed by atoms with van der Waals surface area (Å²) >= 11 is 0. The first-order chi connectivity index (χ1) is 10.6. The summed E-state index contributed by atoms with van der Waals surface area (Å²) in [5, 5.41) is 0. The Kier molecular flexibility index (Phi) is 4.09. The fourth-order valence-corrected chi connectivity index (χ4v) is 2.88. The van der Waals surface area contributed by atoms with Crippen LogP contribution in [-0.2, 0) is 4.79 Å². The van der Waals surface area contributed by atoms with Gasteiger partial charge in [0.05, 0.1) is 5.69 Å². The molecule has 1 saturated heterocycles. The van der Waals surface area contributed by atoms with Crippen LogP contribution in [0.3, 0.4) is 0 Å². The van der Waals surface area contributed by atoms with E-state index in [4.69, 9.17) is 0 Å². The van der Waals surface area contributed by atoms with Gasteiger partial charge in [-0.05, 0) is 25.8 Å². The van der Waals surface area contributed by atoms with E-state index < -0.39 is 0 Å². The highest BCUT2D eigenvalue weighted by Crippen LogP contribution is 2.28. The van der Waals surface area contributed by atoms with Gasteiger partial charge in [0.15, 0.2) is 0 Å². The standard InChI is InChI=1S/C16H19N5O/c1-11-19-15(13-4-3-5-21(9-13)12(2)22)6-16(20-11)14-7-17-10-18-8-14/h6-8,10,13H,3-5,9H2,1-2H3. The molecule has 0 saturated carbocycles. The number of carbonyl (C=O) groups excluding carboxylic acids is 1. The van der Waals surface area contributed by atoms with Crippen LogP contribution in [0.15, 0.2) is 24.8 Å². The number of hydrogen-bond donors (Lipinski definition) is 0. The second-order valence-corrected chi connectivity index (χ2v) is 5.66. The normalized spacial score (nSPS) is 18.3. The monoisotopic (exact) mass is 297 g/mol. The maximum atomic E-state index is 11.6. The van der Waals surface area contributed by atoms with Crippen molar-refractivity contribution in [2.24, 2.45) is 0 Å². The molecule has 1 fully saturated rings. The topological polar surface area (TPSA) is 71.9 Å². The number of piperidine rings is 1. The fraction of sp³-hybridized carbons (Fsp3) is 0.438. The maximum absolute atomic E-state index is 11.6. The van der Waals surface area contributed by atoms with Crippen molar-refractivity contribution in [1.82, 2.24) is 24.8 Å². The first-order valence-electron chi connectivity index (χ1n) is 7.50. The van der Waals surface area contributed by atoms with Gasteiger partial charge in [-0.3, -0.25) is 4.79 Å². The molecule has 0 bridgehead atoms. The van der Waals surface area contributed by atoms with E-state index in [0.29, 0.717) is 0 Å². The molecule has 2 aromatic heterocycles. The number of hydrogen-bond acceptors (Lipinski definition) is 5. The van der Waals surface area contributed by atoms with Gasteiger partial charge in [0.2, 0.25) is 5.91 Å². The molecule has 3 rings (SSSR count). The van der Waals surface area contributed by atoms with Crippen LogP contribution < -0.4 is 0 Å². The van der Waals surface area contributed by atoms with E-state index >= 15 is 0 Å². The largest absolute Gasteiger partial charge is 0.342 e. The predicted octanol–water partition coefficient (Wildman–Crippen LogP) is 1.97. The molecule has 6 nitrogen and oxygen atoms in total. The van der Waals surface area contributed by atoms with Crippen molar-refractivity contribution in [3.63, 3.8) is 0 Å². The molecule has 1 amide bonds. The highest BCUT2D eigenvalue weighted by Gasteiger charge is 2.24. The first kappa shape index (κ1) is 14.6. The molecule has 22 heavy (non-hydrogen) atoms. The van der Waals surface area contributed by atoms with E-state index in [-0.39, 0.29) is 11.8 Å². The van der Waals surface area contributed by atoms with Crippen LogP contribution in [0.25, 0.3) is 11.3 Å². The predicted molar refractivity (Wildman–Crippen MR) is 82.0 cm³/mol. The minimum atomic E-state index is 0.132. The summed E-state index contributed by atoms with van der Waals surface area (Å²) in [4.78, 5) is 30.7. The van der Waals surface area contributed by atoms with E-state index in [9.17, 15) is 4.79 Å². The van der Waals surface area contributed by atoms with E-state index in [2.05, 4.69) is 19.9 Å². The summed E-state index contributed by atoms with van der Waals surface area (Å²) in [5.41, 5.74) is 2.72. The van der Waals surface area contributed by atoms with Crippen molar-refractivity contribution in [2.45, 2.75) is 32.6 Å².